The van der Waals surface area contributed by atoms with Gasteiger partial charge in [0.1, 0.15) is 0 Å². The lowest BCUT2D eigenvalue weighted by Crippen LogP contribution is -2.56. The fourth-order valence-corrected chi connectivity index (χ4v) is 5.39. The minimum absolute atomic E-state index is 0.0927. The van der Waals surface area contributed by atoms with Crippen LogP contribution in [0.1, 0.15) is 62.5 Å². The summed E-state index contributed by atoms with van der Waals surface area (Å²) >= 11 is 0. The molecule has 150 valence electrons. The zero-order valence-corrected chi connectivity index (χ0v) is 16.9. The van der Waals surface area contributed by atoms with Gasteiger partial charge in [-0.3, -0.25) is 0 Å². The van der Waals surface area contributed by atoms with E-state index in [4.69, 9.17) is 0 Å². The van der Waals surface area contributed by atoms with Gasteiger partial charge in [-0.15, -0.1) is 0 Å². The van der Waals surface area contributed by atoms with Gasteiger partial charge >= 0.3 is 0 Å². The van der Waals surface area contributed by atoms with E-state index in [2.05, 4.69) is 48.5 Å². The first kappa shape index (κ1) is 19.7. The number of benzene rings is 2. The van der Waals surface area contributed by atoms with Crippen LogP contribution in [0, 0.1) is 10.8 Å². The molecule has 2 fully saturated rings. The van der Waals surface area contributed by atoms with Crippen LogP contribution in [-0.4, -0.2) is 22.4 Å². The van der Waals surface area contributed by atoms with Crippen molar-refractivity contribution in [3.8, 4) is 0 Å². The molecule has 4 rings (SSSR count). The molecule has 0 bridgehead atoms. The molecule has 28 heavy (non-hydrogen) atoms. The molecule has 2 unspecified atom stereocenters. The Morgan fingerprint density at radius 1 is 0.607 bits per heavy atom. The molecule has 2 aromatic carbocycles. The predicted molar refractivity (Wildman–Crippen MR) is 114 cm³/mol. The maximum atomic E-state index is 11.3. The normalized spacial score (nSPS) is 21.9. The minimum Gasteiger partial charge on any atom is -0.390 e. The van der Waals surface area contributed by atoms with Gasteiger partial charge in [0.25, 0.3) is 0 Å². The highest BCUT2D eigenvalue weighted by Crippen LogP contribution is 2.55. The Morgan fingerprint density at radius 3 is 1.25 bits per heavy atom. The standard InChI is InChI=1S/C26H34O2/c27-23(25(15-7-16-25)19-13-21-9-3-1-4-10-21)24(28)26(17-8-18-26)20-14-22-11-5-2-6-12-22/h1-6,9-12,23-24,27-28H,7-8,13-20H2. The Labute approximate surface area is 169 Å². The van der Waals surface area contributed by atoms with Gasteiger partial charge in [0.05, 0.1) is 12.2 Å². The Morgan fingerprint density at radius 2 is 0.964 bits per heavy atom. The molecule has 2 aliphatic rings. The van der Waals surface area contributed by atoms with Crippen LogP contribution in [0.5, 0.6) is 0 Å². The molecule has 2 heteroatoms. The molecule has 0 spiro atoms. The summed E-state index contributed by atoms with van der Waals surface area (Å²) in [5, 5.41) is 22.6. The minimum atomic E-state index is -0.596. The third-order valence-electron chi connectivity index (χ3n) is 7.76. The number of hydrogen-bond donors (Lipinski definition) is 2. The number of aliphatic hydroxyl groups is 2. The highest BCUT2D eigenvalue weighted by molar-refractivity contribution is 5.17. The zero-order chi connectivity index (χ0) is 19.5. The first-order chi connectivity index (χ1) is 13.6. The van der Waals surface area contributed by atoms with Gasteiger partial charge in [-0.1, -0.05) is 73.5 Å². The third kappa shape index (κ3) is 3.90. The van der Waals surface area contributed by atoms with Crippen LogP contribution in [0.25, 0.3) is 0 Å². The van der Waals surface area contributed by atoms with E-state index >= 15 is 0 Å². The highest BCUT2D eigenvalue weighted by Gasteiger charge is 2.53. The van der Waals surface area contributed by atoms with Crippen molar-refractivity contribution in [2.45, 2.75) is 76.4 Å². The summed E-state index contributed by atoms with van der Waals surface area (Å²) in [7, 11) is 0. The maximum Gasteiger partial charge on any atom is 0.0860 e. The van der Waals surface area contributed by atoms with Crippen molar-refractivity contribution in [3.05, 3.63) is 71.8 Å². The van der Waals surface area contributed by atoms with Crippen molar-refractivity contribution in [1.82, 2.24) is 0 Å². The van der Waals surface area contributed by atoms with Gasteiger partial charge in [0, 0.05) is 0 Å². The number of hydrogen-bond acceptors (Lipinski definition) is 2. The first-order valence-electron chi connectivity index (χ1n) is 11.1. The molecule has 2 N–H and O–H groups in total. The van der Waals surface area contributed by atoms with Crippen LogP contribution < -0.4 is 0 Å². The lowest BCUT2D eigenvalue weighted by molar-refractivity contribution is -0.168. The number of aliphatic hydroxyl groups excluding tert-OH is 2. The van der Waals surface area contributed by atoms with E-state index in [0.717, 1.165) is 51.4 Å². The summed E-state index contributed by atoms with van der Waals surface area (Å²) in [5.41, 5.74) is 2.48. The fourth-order valence-electron chi connectivity index (χ4n) is 5.39. The quantitative estimate of drug-likeness (QED) is 0.620. The van der Waals surface area contributed by atoms with E-state index in [0.29, 0.717) is 0 Å². The highest BCUT2D eigenvalue weighted by atomic mass is 16.3. The Balaban J connectivity index is 1.41. The van der Waals surface area contributed by atoms with E-state index in [-0.39, 0.29) is 10.8 Å². The predicted octanol–water partition coefficient (Wildman–Crippen LogP) is 5.31. The van der Waals surface area contributed by atoms with Gasteiger partial charge < -0.3 is 10.2 Å². The van der Waals surface area contributed by atoms with Crippen LogP contribution in [-0.2, 0) is 12.8 Å². The van der Waals surface area contributed by atoms with Gasteiger partial charge in [-0.05, 0) is 73.3 Å². The molecule has 2 saturated carbocycles. The summed E-state index contributed by atoms with van der Waals surface area (Å²) in [6.45, 7) is 0. The van der Waals surface area contributed by atoms with E-state index in [1.54, 1.807) is 0 Å². The fraction of sp³-hybridized carbons (Fsp3) is 0.538. The average molecular weight is 379 g/mol. The van der Waals surface area contributed by atoms with E-state index in [1.807, 2.05) is 12.1 Å². The van der Waals surface area contributed by atoms with Gasteiger partial charge in [0.15, 0.2) is 0 Å². The first-order valence-corrected chi connectivity index (χ1v) is 11.1. The van der Waals surface area contributed by atoms with Crippen molar-refractivity contribution in [2.24, 2.45) is 10.8 Å². The van der Waals surface area contributed by atoms with Crippen LogP contribution in [0.15, 0.2) is 60.7 Å². The van der Waals surface area contributed by atoms with Crippen LogP contribution in [0.3, 0.4) is 0 Å². The molecule has 0 aromatic heterocycles. The largest absolute Gasteiger partial charge is 0.390 e. The smallest absolute Gasteiger partial charge is 0.0860 e. The Kier molecular flexibility index (Phi) is 5.89. The second-order valence-corrected chi connectivity index (χ2v) is 9.29. The number of aryl methyl sites for hydroxylation is 2. The van der Waals surface area contributed by atoms with Crippen molar-refractivity contribution in [1.29, 1.82) is 0 Å². The third-order valence-corrected chi connectivity index (χ3v) is 7.76. The van der Waals surface area contributed by atoms with Crippen molar-refractivity contribution in [2.75, 3.05) is 0 Å². The molecule has 0 amide bonds. The maximum absolute atomic E-state index is 11.3. The summed E-state index contributed by atoms with van der Waals surface area (Å²) in [6.07, 6.45) is 9.28. The molecular formula is C26H34O2. The van der Waals surface area contributed by atoms with E-state index in [9.17, 15) is 10.2 Å². The average Bonchev–Trinajstić information content (AvgIpc) is 2.67. The van der Waals surface area contributed by atoms with Crippen LogP contribution in [0.4, 0.5) is 0 Å². The van der Waals surface area contributed by atoms with Gasteiger partial charge in [-0.2, -0.15) is 0 Å². The van der Waals surface area contributed by atoms with Gasteiger partial charge in [0.2, 0.25) is 0 Å². The Hall–Kier alpha value is -1.64. The lowest BCUT2D eigenvalue weighted by Gasteiger charge is -2.54. The summed E-state index contributed by atoms with van der Waals surface area (Å²) in [4.78, 5) is 0. The van der Waals surface area contributed by atoms with E-state index in [1.165, 1.54) is 24.0 Å². The second kappa shape index (κ2) is 8.39. The van der Waals surface area contributed by atoms with Crippen LogP contribution >= 0.6 is 0 Å². The topological polar surface area (TPSA) is 40.5 Å². The van der Waals surface area contributed by atoms with Crippen molar-refractivity contribution >= 4 is 0 Å². The SMILES string of the molecule is OC(C(O)C1(CCc2ccccc2)CCC1)C1(CCc2ccccc2)CCC1. The molecule has 2 nitrogen and oxygen atoms in total. The summed E-state index contributed by atoms with van der Waals surface area (Å²) in [6, 6.07) is 21.1. The molecule has 2 atom stereocenters. The molecule has 0 radical (unpaired) electrons. The number of rotatable bonds is 9. The molecule has 2 aromatic rings. The zero-order valence-electron chi connectivity index (χ0n) is 16.9. The van der Waals surface area contributed by atoms with Crippen LogP contribution in [0.2, 0.25) is 0 Å². The molecular weight excluding hydrogens is 344 g/mol. The second-order valence-electron chi connectivity index (χ2n) is 9.29. The van der Waals surface area contributed by atoms with Gasteiger partial charge in [-0.25, -0.2) is 0 Å². The van der Waals surface area contributed by atoms with E-state index < -0.39 is 12.2 Å². The summed E-state index contributed by atoms with van der Waals surface area (Å²) < 4.78 is 0. The van der Waals surface area contributed by atoms with Crippen molar-refractivity contribution < 1.29 is 10.2 Å². The lowest BCUT2D eigenvalue weighted by atomic mass is 9.54. The summed E-state index contributed by atoms with van der Waals surface area (Å²) in [5.74, 6) is 0. The molecule has 0 heterocycles. The monoisotopic (exact) mass is 378 g/mol. The molecule has 2 aliphatic carbocycles. The van der Waals surface area contributed by atoms with Crippen molar-refractivity contribution in [3.63, 3.8) is 0 Å². The molecule has 0 aliphatic heterocycles. The molecule has 0 saturated heterocycles. The Bertz CT molecular complexity index is 666.